The number of hydrogen-bond acceptors (Lipinski definition) is 3. The molecule has 2 atom stereocenters. The molecule has 2 unspecified atom stereocenters. The molecule has 2 heterocycles. The van der Waals surface area contributed by atoms with Crippen molar-refractivity contribution in [1.29, 1.82) is 0 Å². The number of aromatic nitrogens is 3. The smallest absolute Gasteiger partial charge is 0.169 e. The van der Waals surface area contributed by atoms with Gasteiger partial charge in [0.2, 0.25) is 0 Å². The zero-order chi connectivity index (χ0) is 13.2. The molecule has 0 saturated heterocycles. The average Bonchev–Trinajstić information content (AvgIpc) is 2.90. The highest BCUT2D eigenvalue weighted by Crippen LogP contribution is 2.33. The zero-order valence-corrected chi connectivity index (χ0v) is 11.2. The Morgan fingerprint density at radius 2 is 2.32 bits per heavy atom. The Morgan fingerprint density at radius 3 is 3.16 bits per heavy atom. The summed E-state index contributed by atoms with van der Waals surface area (Å²) < 4.78 is 1.72. The van der Waals surface area contributed by atoms with E-state index in [1.54, 1.807) is 29.3 Å². The number of carbonyl (C=O) groups excluding carboxylic acids is 1. The summed E-state index contributed by atoms with van der Waals surface area (Å²) in [6.07, 6.45) is 12.6. The van der Waals surface area contributed by atoms with Gasteiger partial charge in [-0.15, -0.1) is 0 Å². The van der Waals surface area contributed by atoms with Gasteiger partial charge >= 0.3 is 0 Å². The maximum absolute atomic E-state index is 12.7. The van der Waals surface area contributed by atoms with Crippen LogP contribution in [0, 0.1) is 11.8 Å². The second kappa shape index (κ2) is 5.11. The quantitative estimate of drug-likeness (QED) is 0.794. The minimum atomic E-state index is 0.173. The standard InChI is InChI=1S/C15H19N3O/c1-2-11-4-3-5-12(8-11)15(19)13-9-17-18-7-6-16-10-14(13)18/h6-7,9-12H,2-5,8H2,1H3. The molecule has 2 aromatic rings. The number of fused-ring (bicyclic) bond motifs is 1. The third-order valence-corrected chi connectivity index (χ3v) is 4.32. The maximum atomic E-state index is 12.7. The lowest BCUT2D eigenvalue weighted by Gasteiger charge is -2.27. The second-order valence-electron chi connectivity index (χ2n) is 5.47. The van der Waals surface area contributed by atoms with Crippen molar-refractivity contribution in [3.63, 3.8) is 0 Å². The highest BCUT2D eigenvalue weighted by molar-refractivity contribution is 6.03. The number of Topliss-reactive ketones (excluding diaryl/α,β-unsaturated/α-hetero) is 1. The Kier molecular flexibility index (Phi) is 3.32. The van der Waals surface area contributed by atoms with Crippen molar-refractivity contribution in [2.24, 2.45) is 11.8 Å². The van der Waals surface area contributed by atoms with Crippen molar-refractivity contribution in [1.82, 2.24) is 14.6 Å². The van der Waals surface area contributed by atoms with E-state index < -0.39 is 0 Å². The largest absolute Gasteiger partial charge is 0.294 e. The SMILES string of the molecule is CCC1CCCC(C(=O)c2cnn3ccncc23)C1. The van der Waals surface area contributed by atoms with Crippen LogP contribution < -0.4 is 0 Å². The molecule has 2 aromatic heterocycles. The fourth-order valence-electron chi connectivity index (χ4n) is 3.14. The predicted octanol–water partition coefficient (Wildman–Crippen LogP) is 3.13. The van der Waals surface area contributed by atoms with Gasteiger partial charge in [-0.1, -0.05) is 26.2 Å². The van der Waals surface area contributed by atoms with E-state index in [1.165, 1.54) is 19.3 Å². The van der Waals surface area contributed by atoms with Crippen LogP contribution in [0.15, 0.2) is 24.8 Å². The molecule has 1 aliphatic carbocycles. The molecule has 0 N–H and O–H groups in total. The van der Waals surface area contributed by atoms with Gasteiger partial charge in [-0.25, -0.2) is 4.52 Å². The second-order valence-corrected chi connectivity index (χ2v) is 5.47. The van der Waals surface area contributed by atoms with Gasteiger partial charge in [0.15, 0.2) is 5.78 Å². The molecule has 0 spiro atoms. The fraction of sp³-hybridized carbons (Fsp3) is 0.533. The Hall–Kier alpha value is -1.71. The van der Waals surface area contributed by atoms with E-state index in [9.17, 15) is 4.79 Å². The first-order valence-corrected chi connectivity index (χ1v) is 7.11. The Labute approximate surface area is 112 Å². The van der Waals surface area contributed by atoms with E-state index in [-0.39, 0.29) is 11.7 Å². The molecule has 0 amide bonds. The molecule has 0 aliphatic heterocycles. The van der Waals surface area contributed by atoms with Crippen molar-refractivity contribution in [3.05, 3.63) is 30.4 Å². The maximum Gasteiger partial charge on any atom is 0.169 e. The summed E-state index contributed by atoms with van der Waals surface area (Å²) in [5.74, 6) is 1.13. The molecule has 0 aromatic carbocycles. The van der Waals surface area contributed by atoms with E-state index >= 15 is 0 Å². The molecule has 4 heteroatoms. The molecule has 0 radical (unpaired) electrons. The van der Waals surface area contributed by atoms with E-state index in [4.69, 9.17) is 0 Å². The third kappa shape index (κ3) is 2.27. The van der Waals surface area contributed by atoms with Gasteiger partial charge < -0.3 is 0 Å². The molecule has 0 bridgehead atoms. The summed E-state index contributed by atoms with van der Waals surface area (Å²) in [4.78, 5) is 16.7. The van der Waals surface area contributed by atoms with Crippen molar-refractivity contribution < 1.29 is 4.79 Å². The van der Waals surface area contributed by atoms with Crippen molar-refractivity contribution in [3.8, 4) is 0 Å². The summed E-state index contributed by atoms with van der Waals surface area (Å²) in [6.45, 7) is 2.22. The van der Waals surface area contributed by atoms with Crippen LogP contribution in [0.25, 0.3) is 5.52 Å². The number of rotatable bonds is 3. The first-order chi connectivity index (χ1) is 9.29. The van der Waals surface area contributed by atoms with Crippen LogP contribution in [0.2, 0.25) is 0 Å². The average molecular weight is 257 g/mol. The van der Waals surface area contributed by atoms with E-state index in [0.717, 1.165) is 23.9 Å². The third-order valence-electron chi connectivity index (χ3n) is 4.32. The van der Waals surface area contributed by atoms with Crippen molar-refractivity contribution in [2.45, 2.75) is 39.0 Å². The minimum Gasteiger partial charge on any atom is -0.294 e. The lowest BCUT2D eigenvalue weighted by atomic mass is 9.77. The van der Waals surface area contributed by atoms with Crippen LogP contribution in [0.4, 0.5) is 0 Å². The van der Waals surface area contributed by atoms with Gasteiger partial charge in [-0.05, 0) is 18.8 Å². The molecule has 19 heavy (non-hydrogen) atoms. The van der Waals surface area contributed by atoms with Gasteiger partial charge in [0.05, 0.1) is 23.5 Å². The minimum absolute atomic E-state index is 0.173. The predicted molar refractivity (Wildman–Crippen MR) is 73.1 cm³/mol. The molecule has 4 nitrogen and oxygen atoms in total. The first kappa shape index (κ1) is 12.3. The van der Waals surface area contributed by atoms with Gasteiger partial charge in [-0.2, -0.15) is 5.10 Å². The Bertz CT molecular complexity index is 590. The highest BCUT2D eigenvalue weighted by Gasteiger charge is 2.28. The molecule has 1 aliphatic rings. The normalized spacial score (nSPS) is 23.6. The van der Waals surface area contributed by atoms with Gasteiger partial charge in [0, 0.05) is 18.3 Å². The van der Waals surface area contributed by atoms with E-state index in [0.29, 0.717) is 5.92 Å². The molecular formula is C15H19N3O. The number of ketones is 1. The van der Waals surface area contributed by atoms with Crippen LogP contribution in [0.3, 0.4) is 0 Å². The molecular weight excluding hydrogens is 238 g/mol. The van der Waals surface area contributed by atoms with Crippen LogP contribution in [-0.4, -0.2) is 20.4 Å². The van der Waals surface area contributed by atoms with Crippen LogP contribution >= 0.6 is 0 Å². The van der Waals surface area contributed by atoms with Crippen molar-refractivity contribution in [2.75, 3.05) is 0 Å². The lowest BCUT2D eigenvalue weighted by Crippen LogP contribution is -2.22. The van der Waals surface area contributed by atoms with Crippen molar-refractivity contribution >= 4 is 11.3 Å². The highest BCUT2D eigenvalue weighted by atomic mass is 16.1. The molecule has 100 valence electrons. The monoisotopic (exact) mass is 257 g/mol. The number of nitrogens with zero attached hydrogens (tertiary/aromatic N) is 3. The van der Waals surface area contributed by atoms with Gasteiger partial charge in [-0.3, -0.25) is 9.78 Å². The van der Waals surface area contributed by atoms with Gasteiger partial charge in [0.25, 0.3) is 0 Å². The van der Waals surface area contributed by atoms with Crippen LogP contribution in [0.5, 0.6) is 0 Å². The summed E-state index contributed by atoms with van der Waals surface area (Å²) in [7, 11) is 0. The first-order valence-electron chi connectivity index (χ1n) is 7.11. The fourth-order valence-corrected chi connectivity index (χ4v) is 3.14. The van der Waals surface area contributed by atoms with Crippen LogP contribution in [-0.2, 0) is 0 Å². The molecule has 3 rings (SSSR count). The lowest BCUT2D eigenvalue weighted by molar-refractivity contribution is 0.0863. The summed E-state index contributed by atoms with van der Waals surface area (Å²) >= 11 is 0. The Morgan fingerprint density at radius 1 is 1.42 bits per heavy atom. The topological polar surface area (TPSA) is 47.3 Å². The summed E-state index contributed by atoms with van der Waals surface area (Å²) in [6, 6.07) is 0. The van der Waals surface area contributed by atoms with E-state index in [2.05, 4.69) is 17.0 Å². The number of hydrogen-bond donors (Lipinski definition) is 0. The number of carbonyl (C=O) groups is 1. The molecule has 1 saturated carbocycles. The summed E-state index contributed by atoms with van der Waals surface area (Å²) in [5, 5.41) is 4.23. The van der Waals surface area contributed by atoms with E-state index in [1.807, 2.05) is 0 Å². The van der Waals surface area contributed by atoms with Gasteiger partial charge in [0.1, 0.15) is 0 Å². The zero-order valence-electron chi connectivity index (χ0n) is 11.2. The van der Waals surface area contributed by atoms with Crippen LogP contribution in [0.1, 0.15) is 49.4 Å². The Balaban J connectivity index is 1.87. The summed E-state index contributed by atoms with van der Waals surface area (Å²) in [5.41, 5.74) is 1.56. The molecule has 1 fully saturated rings.